The molecule has 108 valence electrons. The van der Waals surface area contributed by atoms with Gasteiger partial charge in [-0.3, -0.25) is 4.79 Å². The number of piperidine rings is 2. The minimum atomic E-state index is -1.45. The molecule has 0 aliphatic carbocycles. The molecule has 2 aliphatic heterocycles. The van der Waals surface area contributed by atoms with Gasteiger partial charge >= 0.3 is 0 Å². The number of benzene rings is 1. The van der Waals surface area contributed by atoms with E-state index < -0.39 is 17.5 Å². The molecule has 0 aromatic heterocycles. The zero-order valence-electron chi connectivity index (χ0n) is 11.0. The number of halogens is 3. The first-order valence-electron chi connectivity index (χ1n) is 7.03. The zero-order chi connectivity index (χ0) is 14.3. The maximum atomic E-state index is 13.4. The van der Waals surface area contributed by atoms with E-state index in [1.807, 2.05) is 0 Å². The lowest BCUT2D eigenvalue weighted by Gasteiger charge is -2.45. The monoisotopic (exact) mass is 283 g/mol. The molecule has 2 heterocycles. The van der Waals surface area contributed by atoms with E-state index in [0.29, 0.717) is 18.4 Å². The van der Waals surface area contributed by atoms with Crippen molar-refractivity contribution in [2.45, 2.75) is 50.6 Å². The summed E-state index contributed by atoms with van der Waals surface area (Å²) in [5.41, 5.74) is 0.362. The van der Waals surface area contributed by atoms with Crippen LogP contribution in [0.4, 0.5) is 13.2 Å². The first-order chi connectivity index (χ1) is 9.58. The molecule has 5 heteroatoms. The van der Waals surface area contributed by atoms with Crippen molar-refractivity contribution in [2.75, 3.05) is 0 Å². The normalized spacial score (nSPS) is 26.6. The smallest absolute Gasteiger partial charge is 0.223 e. The molecular formula is C15H16F3NO. The molecule has 1 aromatic rings. The fourth-order valence-electron chi connectivity index (χ4n) is 3.45. The van der Waals surface area contributed by atoms with Crippen LogP contribution in [0, 0.1) is 17.5 Å². The molecule has 0 saturated carbocycles. The van der Waals surface area contributed by atoms with Crippen LogP contribution in [0.2, 0.25) is 0 Å². The summed E-state index contributed by atoms with van der Waals surface area (Å²) in [6.45, 7) is 0. The molecule has 2 saturated heterocycles. The van der Waals surface area contributed by atoms with Gasteiger partial charge in [0.05, 0.1) is 6.04 Å². The molecule has 0 bridgehead atoms. The molecule has 2 fully saturated rings. The highest BCUT2D eigenvalue weighted by Gasteiger charge is 2.37. The number of fused-ring (bicyclic) bond motifs is 1. The van der Waals surface area contributed by atoms with Gasteiger partial charge in [0.1, 0.15) is 0 Å². The number of hydrogen-bond donors (Lipinski definition) is 0. The van der Waals surface area contributed by atoms with E-state index in [1.54, 1.807) is 4.90 Å². The molecule has 2 nitrogen and oxygen atoms in total. The molecule has 2 aliphatic rings. The molecule has 1 aromatic carbocycles. The van der Waals surface area contributed by atoms with Crippen LogP contribution in [-0.2, 0) is 4.79 Å². The molecule has 2 atom stereocenters. The summed E-state index contributed by atoms with van der Waals surface area (Å²) in [5, 5.41) is 0. The van der Waals surface area contributed by atoms with Crippen LogP contribution < -0.4 is 0 Å². The average molecular weight is 283 g/mol. The minimum absolute atomic E-state index is 0.0380. The number of amides is 1. The van der Waals surface area contributed by atoms with Crippen molar-refractivity contribution < 1.29 is 18.0 Å². The Morgan fingerprint density at radius 2 is 1.65 bits per heavy atom. The first kappa shape index (κ1) is 13.5. The second kappa shape index (κ2) is 5.11. The fourth-order valence-corrected chi connectivity index (χ4v) is 3.45. The highest BCUT2D eigenvalue weighted by molar-refractivity contribution is 5.78. The number of hydrogen-bond acceptors (Lipinski definition) is 1. The third-order valence-electron chi connectivity index (χ3n) is 4.35. The summed E-state index contributed by atoms with van der Waals surface area (Å²) in [5.74, 6) is -3.79. The summed E-state index contributed by atoms with van der Waals surface area (Å²) >= 11 is 0. The van der Waals surface area contributed by atoms with Gasteiger partial charge < -0.3 is 4.90 Å². The van der Waals surface area contributed by atoms with Gasteiger partial charge in [-0.05, 0) is 49.8 Å². The molecule has 1 amide bonds. The zero-order valence-corrected chi connectivity index (χ0v) is 11.0. The van der Waals surface area contributed by atoms with Crippen LogP contribution in [0.25, 0.3) is 0 Å². The van der Waals surface area contributed by atoms with Gasteiger partial charge in [0.2, 0.25) is 5.91 Å². The van der Waals surface area contributed by atoms with Gasteiger partial charge in [0, 0.05) is 12.5 Å². The van der Waals surface area contributed by atoms with Crippen molar-refractivity contribution in [1.82, 2.24) is 4.90 Å². The van der Waals surface area contributed by atoms with E-state index in [1.165, 1.54) is 0 Å². The molecule has 20 heavy (non-hydrogen) atoms. The van der Waals surface area contributed by atoms with Crippen molar-refractivity contribution in [3.63, 3.8) is 0 Å². The van der Waals surface area contributed by atoms with Gasteiger partial charge in [-0.1, -0.05) is 0 Å². The van der Waals surface area contributed by atoms with Gasteiger partial charge in [-0.2, -0.15) is 0 Å². The Morgan fingerprint density at radius 1 is 1.00 bits per heavy atom. The molecular weight excluding hydrogens is 267 g/mol. The minimum Gasteiger partial charge on any atom is -0.333 e. The van der Waals surface area contributed by atoms with Crippen LogP contribution >= 0.6 is 0 Å². The second-order valence-electron chi connectivity index (χ2n) is 5.59. The predicted octanol–water partition coefficient (Wildman–Crippen LogP) is 3.71. The topological polar surface area (TPSA) is 20.3 Å². The Labute approximate surface area is 115 Å². The van der Waals surface area contributed by atoms with E-state index >= 15 is 0 Å². The van der Waals surface area contributed by atoms with E-state index in [9.17, 15) is 18.0 Å². The average Bonchev–Trinajstić information content (AvgIpc) is 2.44. The van der Waals surface area contributed by atoms with Crippen molar-refractivity contribution >= 4 is 5.91 Å². The van der Waals surface area contributed by atoms with Crippen LogP contribution in [0.15, 0.2) is 12.1 Å². The van der Waals surface area contributed by atoms with Crippen LogP contribution in [-0.4, -0.2) is 16.8 Å². The molecule has 0 radical (unpaired) electrons. The van der Waals surface area contributed by atoms with E-state index in [0.717, 1.165) is 37.8 Å². The Bertz CT molecular complexity index is 521. The van der Waals surface area contributed by atoms with Gasteiger partial charge in [0.15, 0.2) is 17.5 Å². The summed E-state index contributed by atoms with van der Waals surface area (Å²) in [6.07, 6.45) is 4.83. The molecule has 2 unspecified atom stereocenters. The lowest BCUT2D eigenvalue weighted by atomic mass is 9.85. The Kier molecular flexibility index (Phi) is 3.44. The lowest BCUT2D eigenvalue weighted by molar-refractivity contribution is -0.142. The lowest BCUT2D eigenvalue weighted by Crippen LogP contribution is -2.48. The van der Waals surface area contributed by atoms with Crippen LogP contribution in [0.3, 0.4) is 0 Å². The number of carbonyl (C=O) groups is 1. The highest BCUT2D eigenvalue weighted by atomic mass is 19.2. The van der Waals surface area contributed by atoms with Crippen molar-refractivity contribution in [2.24, 2.45) is 0 Å². The number of nitrogens with zero attached hydrogens (tertiary/aromatic N) is 1. The van der Waals surface area contributed by atoms with Crippen molar-refractivity contribution in [3.05, 3.63) is 35.1 Å². The second-order valence-corrected chi connectivity index (χ2v) is 5.59. The third kappa shape index (κ3) is 2.19. The largest absolute Gasteiger partial charge is 0.333 e. The van der Waals surface area contributed by atoms with E-state index in [2.05, 4.69) is 0 Å². The van der Waals surface area contributed by atoms with Crippen LogP contribution in [0.1, 0.15) is 50.1 Å². The van der Waals surface area contributed by atoms with Crippen molar-refractivity contribution in [1.29, 1.82) is 0 Å². The maximum Gasteiger partial charge on any atom is 0.223 e. The summed E-state index contributed by atoms with van der Waals surface area (Å²) in [7, 11) is 0. The third-order valence-corrected chi connectivity index (χ3v) is 4.35. The Hall–Kier alpha value is -1.52. The predicted molar refractivity (Wildman–Crippen MR) is 67.4 cm³/mol. The summed E-state index contributed by atoms with van der Waals surface area (Å²) in [4.78, 5) is 13.9. The molecule has 3 rings (SSSR count). The van der Waals surface area contributed by atoms with Crippen LogP contribution in [0.5, 0.6) is 0 Å². The highest BCUT2D eigenvalue weighted by Crippen LogP contribution is 2.39. The Balaban J connectivity index is 1.97. The fraction of sp³-hybridized carbons (Fsp3) is 0.533. The number of rotatable bonds is 1. The SMILES string of the molecule is O=C1CCCC2CCCC(c3cc(F)c(F)c(F)c3)N12. The quantitative estimate of drug-likeness (QED) is 0.719. The summed E-state index contributed by atoms with van der Waals surface area (Å²) < 4.78 is 39.9. The molecule has 0 N–H and O–H groups in total. The summed E-state index contributed by atoms with van der Waals surface area (Å²) in [6, 6.07) is 1.87. The van der Waals surface area contributed by atoms with Gasteiger partial charge in [-0.25, -0.2) is 13.2 Å². The standard InChI is InChI=1S/C15H16F3NO/c16-11-7-9(8-12(17)15(11)18)13-5-1-3-10-4-2-6-14(20)19(10)13/h7-8,10,13H,1-6H2. The molecule has 0 spiro atoms. The van der Waals surface area contributed by atoms with E-state index in [4.69, 9.17) is 0 Å². The van der Waals surface area contributed by atoms with Gasteiger partial charge in [0.25, 0.3) is 0 Å². The van der Waals surface area contributed by atoms with Gasteiger partial charge in [-0.15, -0.1) is 0 Å². The van der Waals surface area contributed by atoms with Crippen molar-refractivity contribution in [3.8, 4) is 0 Å². The number of carbonyl (C=O) groups excluding carboxylic acids is 1. The maximum absolute atomic E-state index is 13.4. The first-order valence-corrected chi connectivity index (χ1v) is 7.03. The Morgan fingerprint density at radius 3 is 2.35 bits per heavy atom. The van der Waals surface area contributed by atoms with E-state index in [-0.39, 0.29) is 18.0 Å².